The van der Waals surface area contributed by atoms with E-state index in [0.717, 1.165) is 9.21 Å². The third-order valence-electron chi connectivity index (χ3n) is 3.22. The van der Waals surface area contributed by atoms with Gasteiger partial charge in [-0.25, -0.2) is 0 Å². The van der Waals surface area contributed by atoms with Crippen LogP contribution in [0.5, 0.6) is 0 Å². The molecule has 1 heterocycles. The Morgan fingerprint density at radius 2 is 2.09 bits per heavy atom. The SMILES string of the molecule is CCN(C(=O)CCc1ccc(Cl)s1)c1ccc(C#N)c(Cl)c1. The molecule has 0 saturated heterocycles. The number of nitriles is 1. The van der Waals surface area contributed by atoms with E-state index in [1.165, 1.54) is 11.3 Å². The maximum absolute atomic E-state index is 12.4. The zero-order chi connectivity index (χ0) is 16.1. The van der Waals surface area contributed by atoms with Crippen LogP contribution in [0, 0.1) is 11.3 Å². The maximum atomic E-state index is 12.4. The summed E-state index contributed by atoms with van der Waals surface area (Å²) in [5.41, 5.74) is 1.11. The molecule has 0 aliphatic rings. The van der Waals surface area contributed by atoms with Crippen molar-refractivity contribution in [3.05, 3.63) is 50.1 Å². The number of carbonyl (C=O) groups is 1. The molecule has 0 radical (unpaired) electrons. The van der Waals surface area contributed by atoms with E-state index < -0.39 is 0 Å². The summed E-state index contributed by atoms with van der Waals surface area (Å²) in [4.78, 5) is 15.2. The van der Waals surface area contributed by atoms with Crippen LogP contribution in [0.2, 0.25) is 9.36 Å². The van der Waals surface area contributed by atoms with Crippen LogP contribution in [0.25, 0.3) is 0 Å². The summed E-state index contributed by atoms with van der Waals surface area (Å²) >= 11 is 13.4. The Morgan fingerprint density at radius 1 is 1.32 bits per heavy atom. The predicted octanol–water partition coefficient (Wildman–Crippen LogP) is 4.91. The second-order valence-electron chi connectivity index (χ2n) is 4.62. The van der Waals surface area contributed by atoms with Crippen LogP contribution < -0.4 is 4.90 Å². The molecule has 2 aromatic rings. The van der Waals surface area contributed by atoms with Crippen LogP contribution in [-0.4, -0.2) is 12.5 Å². The Bertz CT molecular complexity index is 721. The number of aryl methyl sites for hydroxylation is 1. The maximum Gasteiger partial charge on any atom is 0.227 e. The lowest BCUT2D eigenvalue weighted by Gasteiger charge is -2.21. The van der Waals surface area contributed by atoms with Gasteiger partial charge in [0, 0.05) is 23.5 Å². The Balaban J connectivity index is 2.08. The number of carbonyl (C=O) groups excluding carboxylic acids is 1. The standard InChI is InChI=1S/C16H14Cl2N2OS/c1-2-20(12-4-3-11(10-19)14(17)9-12)16(21)8-6-13-5-7-15(18)22-13/h3-5,7,9H,2,6,8H2,1H3. The average Bonchev–Trinajstić information content (AvgIpc) is 2.92. The predicted molar refractivity (Wildman–Crippen MR) is 91.8 cm³/mol. The van der Waals surface area contributed by atoms with Gasteiger partial charge in [-0.05, 0) is 43.7 Å². The second kappa shape index (κ2) is 7.64. The molecular weight excluding hydrogens is 339 g/mol. The fourth-order valence-corrected chi connectivity index (χ4v) is 3.42. The summed E-state index contributed by atoms with van der Waals surface area (Å²) in [6, 6.07) is 10.8. The number of amides is 1. The molecule has 0 aliphatic heterocycles. The van der Waals surface area contributed by atoms with E-state index in [2.05, 4.69) is 0 Å². The summed E-state index contributed by atoms with van der Waals surface area (Å²) in [5.74, 6) is 0.0211. The number of hydrogen-bond donors (Lipinski definition) is 0. The summed E-state index contributed by atoms with van der Waals surface area (Å²) in [6.07, 6.45) is 1.07. The molecule has 0 atom stereocenters. The number of hydrogen-bond acceptors (Lipinski definition) is 3. The lowest BCUT2D eigenvalue weighted by molar-refractivity contribution is -0.118. The van der Waals surface area contributed by atoms with Crippen LogP contribution in [0.4, 0.5) is 5.69 Å². The van der Waals surface area contributed by atoms with E-state index in [1.54, 1.807) is 23.1 Å². The van der Waals surface area contributed by atoms with Crippen molar-refractivity contribution >= 4 is 46.1 Å². The first-order valence-corrected chi connectivity index (χ1v) is 8.36. The van der Waals surface area contributed by atoms with E-state index >= 15 is 0 Å². The molecule has 0 spiro atoms. The number of anilines is 1. The molecule has 0 aliphatic carbocycles. The Kier molecular flexibility index (Phi) is 5.84. The number of nitrogens with zero attached hydrogens (tertiary/aromatic N) is 2. The first-order valence-electron chi connectivity index (χ1n) is 6.79. The van der Waals surface area contributed by atoms with Gasteiger partial charge in [-0.3, -0.25) is 4.79 Å². The van der Waals surface area contributed by atoms with Gasteiger partial charge in [-0.15, -0.1) is 11.3 Å². The van der Waals surface area contributed by atoms with Crippen LogP contribution >= 0.6 is 34.5 Å². The summed E-state index contributed by atoms with van der Waals surface area (Å²) < 4.78 is 0.730. The summed E-state index contributed by atoms with van der Waals surface area (Å²) in [6.45, 7) is 2.46. The van der Waals surface area contributed by atoms with E-state index in [4.69, 9.17) is 28.5 Å². The van der Waals surface area contributed by atoms with Gasteiger partial charge in [-0.1, -0.05) is 23.2 Å². The summed E-state index contributed by atoms with van der Waals surface area (Å²) in [5, 5.41) is 9.26. The molecular formula is C16H14Cl2N2OS. The van der Waals surface area contributed by atoms with Gasteiger partial charge in [0.2, 0.25) is 5.91 Å². The fourth-order valence-electron chi connectivity index (χ4n) is 2.12. The van der Waals surface area contributed by atoms with Crippen molar-refractivity contribution in [2.24, 2.45) is 0 Å². The molecule has 6 heteroatoms. The van der Waals surface area contributed by atoms with Gasteiger partial charge in [0.05, 0.1) is 14.9 Å². The lowest BCUT2D eigenvalue weighted by atomic mass is 10.2. The Morgan fingerprint density at radius 3 is 2.64 bits per heavy atom. The minimum atomic E-state index is 0.0211. The van der Waals surface area contributed by atoms with E-state index in [1.807, 2.05) is 25.1 Å². The third kappa shape index (κ3) is 4.01. The lowest BCUT2D eigenvalue weighted by Crippen LogP contribution is -2.30. The van der Waals surface area contributed by atoms with E-state index in [-0.39, 0.29) is 5.91 Å². The van der Waals surface area contributed by atoms with Crippen LogP contribution in [0.3, 0.4) is 0 Å². The largest absolute Gasteiger partial charge is 0.313 e. The highest BCUT2D eigenvalue weighted by Crippen LogP contribution is 2.25. The normalized spacial score (nSPS) is 10.3. The van der Waals surface area contributed by atoms with Gasteiger partial charge in [-0.2, -0.15) is 5.26 Å². The highest BCUT2D eigenvalue weighted by Gasteiger charge is 2.15. The molecule has 114 valence electrons. The first kappa shape index (κ1) is 16.8. The molecule has 3 nitrogen and oxygen atoms in total. The molecule has 0 fully saturated rings. The first-order chi connectivity index (χ1) is 10.5. The third-order valence-corrected chi connectivity index (χ3v) is 4.82. The van der Waals surface area contributed by atoms with Crippen molar-refractivity contribution in [2.75, 3.05) is 11.4 Å². The average molecular weight is 353 g/mol. The Labute approximate surface area is 143 Å². The number of halogens is 2. The van der Waals surface area contributed by atoms with E-state index in [0.29, 0.717) is 35.7 Å². The van der Waals surface area contributed by atoms with Gasteiger partial charge in [0.15, 0.2) is 0 Å². The molecule has 0 saturated carbocycles. The molecule has 0 unspecified atom stereocenters. The zero-order valence-electron chi connectivity index (χ0n) is 12.0. The van der Waals surface area contributed by atoms with Gasteiger partial charge >= 0.3 is 0 Å². The monoisotopic (exact) mass is 352 g/mol. The smallest absolute Gasteiger partial charge is 0.227 e. The second-order valence-corrected chi connectivity index (χ2v) is 6.83. The molecule has 0 bridgehead atoms. The minimum Gasteiger partial charge on any atom is -0.313 e. The molecule has 0 N–H and O–H groups in total. The van der Waals surface area contributed by atoms with E-state index in [9.17, 15) is 4.79 Å². The van der Waals surface area contributed by atoms with Crippen molar-refractivity contribution in [1.82, 2.24) is 0 Å². The van der Waals surface area contributed by atoms with Gasteiger partial charge < -0.3 is 4.90 Å². The summed E-state index contributed by atoms with van der Waals surface area (Å²) in [7, 11) is 0. The van der Waals surface area contributed by atoms with Crippen LogP contribution in [-0.2, 0) is 11.2 Å². The van der Waals surface area contributed by atoms with Crippen molar-refractivity contribution in [1.29, 1.82) is 5.26 Å². The van der Waals surface area contributed by atoms with Gasteiger partial charge in [0.1, 0.15) is 6.07 Å². The van der Waals surface area contributed by atoms with Crippen molar-refractivity contribution in [3.8, 4) is 6.07 Å². The molecule has 1 aromatic carbocycles. The van der Waals surface area contributed by atoms with Crippen molar-refractivity contribution in [2.45, 2.75) is 19.8 Å². The molecule has 1 aromatic heterocycles. The van der Waals surface area contributed by atoms with Crippen molar-refractivity contribution in [3.63, 3.8) is 0 Å². The quantitative estimate of drug-likeness (QED) is 0.766. The minimum absolute atomic E-state index is 0.0211. The highest BCUT2D eigenvalue weighted by atomic mass is 35.5. The van der Waals surface area contributed by atoms with Crippen molar-refractivity contribution < 1.29 is 4.79 Å². The zero-order valence-corrected chi connectivity index (χ0v) is 14.3. The molecule has 22 heavy (non-hydrogen) atoms. The van der Waals surface area contributed by atoms with Crippen LogP contribution in [0.1, 0.15) is 23.8 Å². The number of rotatable bonds is 5. The van der Waals surface area contributed by atoms with Crippen LogP contribution in [0.15, 0.2) is 30.3 Å². The molecule has 2 rings (SSSR count). The topological polar surface area (TPSA) is 44.1 Å². The number of thiophene rings is 1. The number of benzene rings is 1. The highest BCUT2D eigenvalue weighted by molar-refractivity contribution is 7.16. The van der Waals surface area contributed by atoms with Gasteiger partial charge in [0.25, 0.3) is 0 Å². The Hall–Kier alpha value is -1.54. The fraction of sp³-hybridized carbons (Fsp3) is 0.250. The molecule has 1 amide bonds.